The normalized spacial score (nSPS) is 11.9. The van der Waals surface area contributed by atoms with Crippen LogP contribution in [0.15, 0.2) is 108 Å². The number of hydrogen-bond acceptors (Lipinski definition) is 2. The van der Waals surface area contributed by atoms with Crippen molar-refractivity contribution < 1.29 is 4.42 Å². The summed E-state index contributed by atoms with van der Waals surface area (Å²) in [6.45, 7) is 0. The molecular weight excluding hydrogens is 378 g/mol. The Balaban J connectivity index is 1.60. The van der Waals surface area contributed by atoms with Gasteiger partial charge in [0, 0.05) is 33.3 Å². The fraction of sp³-hybridized carbons (Fsp3) is 0. The van der Waals surface area contributed by atoms with Crippen LogP contribution in [0.2, 0.25) is 0 Å². The highest BCUT2D eigenvalue weighted by molar-refractivity contribution is 6.23. The zero-order valence-electron chi connectivity index (χ0n) is 16.7. The molecule has 0 saturated heterocycles. The van der Waals surface area contributed by atoms with Crippen molar-refractivity contribution in [1.29, 1.82) is 0 Å². The smallest absolute Gasteiger partial charge is 0.144 e. The summed E-state index contributed by atoms with van der Waals surface area (Å²) in [6, 6.07) is 34.0. The van der Waals surface area contributed by atoms with Gasteiger partial charge in [-0.1, -0.05) is 78.9 Å². The summed E-state index contributed by atoms with van der Waals surface area (Å²) in [6.07, 6.45) is 1.94. The van der Waals surface area contributed by atoms with Gasteiger partial charge in [0.15, 0.2) is 0 Å². The van der Waals surface area contributed by atoms with E-state index in [0.717, 1.165) is 38.6 Å². The van der Waals surface area contributed by atoms with E-state index in [2.05, 4.69) is 91.0 Å². The molecule has 0 unspecified atom stereocenters. The van der Waals surface area contributed by atoms with E-state index >= 15 is 0 Å². The predicted octanol–water partition coefficient (Wildman–Crippen LogP) is 8.11. The summed E-state index contributed by atoms with van der Waals surface area (Å²) in [4.78, 5) is 4.75. The molecule has 144 valence electrons. The first-order valence-corrected chi connectivity index (χ1v) is 10.5. The summed E-state index contributed by atoms with van der Waals surface area (Å²) >= 11 is 0. The van der Waals surface area contributed by atoms with E-state index in [1.54, 1.807) is 0 Å². The quantitative estimate of drug-likeness (QED) is 0.262. The van der Waals surface area contributed by atoms with Crippen molar-refractivity contribution in [2.45, 2.75) is 0 Å². The highest BCUT2D eigenvalue weighted by atomic mass is 16.3. The van der Waals surface area contributed by atoms with Crippen LogP contribution >= 0.6 is 0 Å². The van der Waals surface area contributed by atoms with Gasteiger partial charge in [-0.25, -0.2) is 0 Å². The second kappa shape index (κ2) is 6.16. The molecule has 2 aromatic heterocycles. The topological polar surface area (TPSA) is 26.0 Å². The molecule has 2 heterocycles. The molecule has 0 radical (unpaired) electrons. The Morgan fingerprint density at radius 3 is 2.16 bits per heavy atom. The third-order valence-corrected chi connectivity index (χ3v) is 6.28. The van der Waals surface area contributed by atoms with Crippen molar-refractivity contribution in [3.8, 4) is 11.3 Å². The molecule has 0 amide bonds. The minimum Gasteiger partial charge on any atom is -0.455 e. The van der Waals surface area contributed by atoms with Crippen LogP contribution in [-0.2, 0) is 0 Å². The van der Waals surface area contributed by atoms with Gasteiger partial charge in [-0.05, 0) is 39.7 Å². The van der Waals surface area contributed by atoms with Gasteiger partial charge in [0.1, 0.15) is 11.2 Å². The van der Waals surface area contributed by atoms with Crippen LogP contribution < -0.4 is 0 Å². The fourth-order valence-electron chi connectivity index (χ4n) is 4.78. The zero-order chi connectivity index (χ0) is 20.4. The first-order valence-electron chi connectivity index (χ1n) is 10.5. The van der Waals surface area contributed by atoms with Gasteiger partial charge in [-0.3, -0.25) is 4.98 Å². The monoisotopic (exact) mass is 395 g/mol. The molecule has 0 aliphatic heterocycles. The van der Waals surface area contributed by atoms with E-state index < -0.39 is 0 Å². The van der Waals surface area contributed by atoms with E-state index in [1.165, 1.54) is 26.9 Å². The van der Waals surface area contributed by atoms with Crippen LogP contribution in [0.5, 0.6) is 0 Å². The van der Waals surface area contributed by atoms with Crippen molar-refractivity contribution in [3.63, 3.8) is 0 Å². The third kappa shape index (κ3) is 2.36. The van der Waals surface area contributed by atoms with Crippen LogP contribution in [0.4, 0.5) is 0 Å². The van der Waals surface area contributed by atoms with Gasteiger partial charge in [-0.2, -0.15) is 0 Å². The zero-order valence-corrected chi connectivity index (χ0v) is 16.7. The molecule has 7 aromatic rings. The number of aromatic nitrogens is 1. The molecule has 2 nitrogen and oxygen atoms in total. The first-order chi connectivity index (χ1) is 15.4. The molecule has 5 aromatic carbocycles. The van der Waals surface area contributed by atoms with Crippen molar-refractivity contribution in [2.24, 2.45) is 0 Å². The van der Waals surface area contributed by atoms with E-state index in [9.17, 15) is 0 Å². The second-order valence-corrected chi connectivity index (χ2v) is 8.03. The lowest BCUT2D eigenvalue weighted by Gasteiger charge is -2.04. The molecule has 7 rings (SSSR count). The maximum absolute atomic E-state index is 6.63. The molecule has 31 heavy (non-hydrogen) atoms. The number of pyridine rings is 1. The average Bonchev–Trinajstić information content (AvgIpc) is 3.22. The molecule has 0 bridgehead atoms. The minimum absolute atomic E-state index is 0.890. The largest absolute Gasteiger partial charge is 0.455 e. The van der Waals surface area contributed by atoms with Crippen LogP contribution in [0.1, 0.15) is 0 Å². The third-order valence-electron chi connectivity index (χ3n) is 6.28. The Bertz CT molecular complexity index is 1790. The molecule has 0 aliphatic rings. The molecule has 0 aliphatic carbocycles. The summed E-state index contributed by atoms with van der Waals surface area (Å²) in [5.74, 6) is 0. The molecule has 0 spiro atoms. The maximum atomic E-state index is 6.63. The number of hydrogen-bond donors (Lipinski definition) is 0. The molecule has 0 atom stereocenters. The lowest BCUT2D eigenvalue weighted by molar-refractivity contribution is 0.674. The highest BCUT2D eigenvalue weighted by Gasteiger charge is 2.16. The van der Waals surface area contributed by atoms with Gasteiger partial charge < -0.3 is 4.42 Å². The highest BCUT2D eigenvalue weighted by Crippen LogP contribution is 2.40. The average molecular weight is 395 g/mol. The number of furan rings is 1. The number of rotatable bonds is 1. The molecule has 0 fully saturated rings. The molecule has 2 heteroatoms. The lowest BCUT2D eigenvalue weighted by Crippen LogP contribution is -1.84. The molecular formula is C29H17NO. The Labute approximate surface area is 178 Å². The standard InChI is InChI=1S/C29H17NO/c1-2-8-21-17-30-26(16-20(21)7-1)25-11-5-10-23-24-15-14-19-13-12-18-6-3-4-9-22(18)27(19)29(24)31-28(23)25/h1-17H. The number of nitrogens with zero attached hydrogens (tertiary/aromatic N) is 1. The van der Waals surface area contributed by atoms with E-state index in [1.807, 2.05) is 12.3 Å². The maximum Gasteiger partial charge on any atom is 0.144 e. The summed E-state index contributed by atoms with van der Waals surface area (Å²) in [7, 11) is 0. The van der Waals surface area contributed by atoms with E-state index in [4.69, 9.17) is 9.40 Å². The van der Waals surface area contributed by atoms with E-state index in [0.29, 0.717) is 0 Å². The van der Waals surface area contributed by atoms with Gasteiger partial charge >= 0.3 is 0 Å². The fourth-order valence-corrected chi connectivity index (χ4v) is 4.78. The number of para-hydroxylation sites is 1. The van der Waals surface area contributed by atoms with Gasteiger partial charge in [0.2, 0.25) is 0 Å². The van der Waals surface area contributed by atoms with Gasteiger partial charge in [0.25, 0.3) is 0 Å². The molecule has 0 saturated carbocycles. The first kappa shape index (κ1) is 16.6. The summed E-state index contributed by atoms with van der Waals surface area (Å²) in [5.41, 5.74) is 3.78. The Morgan fingerprint density at radius 1 is 0.516 bits per heavy atom. The molecule has 0 N–H and O–H groups in total. The van der Waals surface area contributed by atoms with Crippen molar-refractivity contribution in [2.75, 3.05) is 0 Å². The number of benzene rings is 5. The van der Waals surface area contributed by atoms with Crippen molar-refractivity contribution >= 4 is 54.3 Å². The summed E-state index contributed by atoms with van der Waals surface area (Å²) < 4.78 is 6.63. The Kier molecular flexibility index (Phi) is 3.30. The predicted molar refractivity (Wildman–Crippen MR) is 129 cm³/mol. The lowest BCUT2D eigenvalue weighted by atomic mass is 9.99. The van der Waals surface area contributed by atoms with E-state index in [-0.39, 0.29) is 0 Å². The number of fused-ring (bicyclic) bond motifs is 8. The van der Waals surface area contributed by atoms with Crippen LogP contribution in [0.25, 0.3) is 65.5 Å². The Morgan fingerprint density at radius 2 is 1.23 bits per heavy atom. The SMILES string of the molecule is c1ccc2cc(-c3cccc4c3oc3c4ccc4ccc5ccccc5c43)ncc2c1. The van der Waals surface area contributed by atoms with Crippen LogP contribution in [-0.4, -0.2) is 4.98 Å². The van der Waals surface area contributed by atoms with Crippen molar-refractivity contribution in [1.82, 2.24) is 4.98 Å². The van der Waals surface area contributed by atoms with Crippen LogP contribution in [0.3, 0.4) is 0 Å². The Hall–Kier alpha value is -4.17. The second-order valence-electron chi connectivity index (χ2n) is 8.03. The minimum atomic E-state index is 0.890. The van der Waals surface area contributed by atoms with Crippen LogP contribution in [0, 0.1) is 0 Å². The van der Waals surface area contributed by atoms with Gasteiger partial charge in [0.05, 0.1) is 5.69 Å². The summed E-state index contributed by atoms with van der Waals surface area (Å²) in [5, 5.41) is 9.38. The van der Waals surface area contributed by atoms with Gasteiger partial charge in [-0.15, -0.1) is 0 Å². The van der Waals surface area contributed by atoms with Crippen molar-refractivity contribution in [3.05, 3.63) is 103 Å².